The monoisotopic (exact) mass is 734 g/mol. The SMILES string of the molecule is COC(=O)c1cc2c(NC3CCC(O)CC3)nc(-c3ccccc3)nc2[nH]1.N.NC(=O)c1cc2c(NC3CCC(O)CC3)nc(-c3ccccc3)nc2[nH]1. The quantitative estimate of drug-likeness (QED) is 0.0873. The summed E-state index contributed by atoms with van der Waals surface area (Å²) in [4.78, 5) is 48.1. The Morgan fingerprint density at radius 2 is 1.07 bits per heavy atom. The summed E-state index contributed by atoms with van der Waals surface area (Å²) in [7, 11) is 1.35. The number of carbonyl (C=O) groups is 2. The first-order valence-corrected chi connectivity index (χ1v) is 17.9. The van der Waals surface area contributed by atoms with Crippen LogP contribution in [0.1, 0.15) is 72.3 Å². The average molecular weight is 735 g/mol. The number of rotatable bonds is 8. The molecule has 0 aliphatic heterocycles. The average Bonchev–Trinajstić information content (AvgIpc) is 3.83. The lowest BCUT2D eigenvalue weighted by Crippen LogP contribution is -2.28. The van der Waals surface area contributed by atoms with Crippen molar-refractivity contribution in [1.29, 1.82) is 0 Å². The van der Waals surface area contributed by atoms with Gasteiger partial charge in [0, 0.05) is 23.2 Å². The molecule has 0 radical (unpaired) electrons. The molecule has 6 aromatic rings. The predicted octanol–water partition coefficient (Wildman–Crippen LogP) is 5.73. The van der Waals surface area contributed by atoms with E-state index in [0.717, 1.165) is 73.3 Å². The van der Waals surface area contributed by atoms with E-state index in [-0.39, 0.29) is 30.4 Å². The van der Waals surface area contributed by atoms with Gasteiger partial charge in [0.25, 0.3) is 5.91 Å². The van der Waals surface area contributed by atoms with E-state index in [9.17, 15) is 19.8 Å². The highest BCUT2D eigenvalue weighted by Crippen LogP contribution is 2.31. The van der Waals surface area contributed by atoms with Crippen molar-refractivity contribution in [2.45, 2.75) is 75.7 Å². The van der Waals surface area contributed by atoms with E-state index in [0.29, 0.717) is 46.0 Å². The van der Waals surface area contributed by atoms with Gasteiger partial charge < -0.3 is 47.4 Å². The number of aliphatic hydroxyl groups is 2. The molecule has 15 heteroatoms. The molecule has 2 aliphatic carbocycles. The molecule has 11 N–H and O–H groups in total. The van der Waals surface area contributed by atoms with Crippen molar-refractivity contribution in [2.24, 2.45) is 5.73 Å². The number of benzene rings is 2. The number of fused-ring (bicyclic) bond motifs is 2. The Labute approximate surface area is 311 Å². The molecule has 15 nitrogen and oxygen atoms in total. The number of carbonyl (C=O) groups excluding carboxylic acids is 2. The number of hydrogen-bond acceptors (Lipinski definition) is 12. The van der Waals surface area contributed by atoms with Gasteiger partial charge in [0.1, 0.15) is 34.3 Å². The summed E-state index contributed by atoms with van der Waals surface area (Å²) in [6, 6.07) is 23.3. The second-order valence-corrected chi connectivity index (χ2v) is 13.6. The van der Waals surface area contributed by atoms with Gasteiger partial charge in [-0.1, -0.05) is 60.7 Å². The third-order valence-corrected chi connectivity index (χ3v) is 9.78. The third kappa shape index (κ3) is 8.65. The first-order chi connectivity index (χ1) is 25.7. The van der Waals surface area contributed by atoms with E-state index in [1.165, 1.54) is 7.11 Å². The number of aliphatic hydroxyl groups excluding tert-OH is 2. The van der Waals surface area contributed by atoms with Gasteiger partial charge in [-0.3, -0.25) is 4.79 Å². The summed E-state index contributed by atoms with van der Waals surface area (Å²) in [6.07, 6.45) is 6.17. The van der Waals surface area contributed by atoms with Gasteiger partial charge >= 0.3 is 5.97 Å². The number of H-pyrrole nitrogens is 2. The fourth-order valence-corrected chi connectivity index (χ4v) is 6.85. The highest BCUT2D eigenvalue weighted by molar-refractivity contribution is 6.00. The standard InChI is InChI=1S/C20H22N4O3.C19H21N5O2.H3N/c1-27-20(26)16-11-15-18(21-13-7-9-14(25)10-8-13)23-17(24-19(15)22-16)12-5-3-2-4-6-12;20-16(26)15-10-14-18(21-12-6-8-13(25)9-7-12)23-17(24-19(14)22-15)11-4-2-1-3-5-11;/h2-6,11,13-14,25H,7-10H2,1H3,(H2,21,22,23,24);1-5,10,12-13,25H,6-9H2,(H2,20,26)(H2,21,22,23,24);1H3. The van der Waals surface area contributed by atoms with Crippen LogP contribution in [0.5, 0.6) is 0 Å². The molecule has 54 heavy (non-hydrogen) atoms. The molecule has 1 amide bonds. The first-order valence-electron chi connectivity index (χ1n) is 17.9. The van der Waals surface area contributed by atoms with Crippen molar-refractivity contribution in [1.82, 2.24) is 36.1 Å². The van der Waals surface area contributed by atoms with E-state index < -0.39 is 11.9 Å². The lowest BCUT2D eigenvalue weighted by atomic mass is 9.93. The molecule has 0 bridgehead atoms. The zero-order valence-electron chi connectivity index (χ0n) is 30.1. The van der Waals surface area contributed by atoms with Crippen LogP contribution < -0.4 is 22.5 Å². The van der Waals surface area contributed by atoms with Crippen molar-refractivity contribution in [3.63, 3.8) is 0 Å². The first kappa shape index (κ1) is 37.8. The Balaban J connectivity index is 0.000000181. The second kappa shape index (κ2) is 16.8. The van der Waals surface area contributed by atoms with Crippen LogP contribution in [0.4, 0.5) is 11.6 Å². The molecule has 2 aliphatic rings. The van der Waals surface area contributed by atoms with Crippen molar-refractivity contribution in [3.05, 3.63) is 84.2 Å². The Kier molecular flexibility index (Phi) is 11.8. The van der Waals surface area contributed by atoms with Crippen molar-refractivity contribution < 1.29 is 24.5 Å². The van der Waals surface area contributed by atoms with E-state index in [4.69, 9.17) is 20.4 Å². The van der Waals surface area contributed by atoms with Crippen LogP contribution in [0.2, 0.25) is 0 Å². The minimum Gasteiger partial charge on any atom is -0.464 e. The van der Waals surface area contributed by atoms with Gasteiger partial charge in [0.05, 0.1) is 30.1 Å². The van der Waals surface area contributed by atoms with E-state index >= 15 is 0 Å². The number of hydrogen-bond donors (Lipinski definition) is 8. The number of primary amides is 1. The molecule has 282 valence electrons. The van der Waals surface area contributed by atoms with Gasteiger partial charge in [-0.05, 0) is 63.5 Å². The molecule has 8 rings (SSSR count). The molecule has 0 atom stereocenters. The normalized spacial score (nSPS) is 19.6. The number of anilines is 2. The predicted molar refractivity (Wildman–Crippen MR) is 207 cm³/mol. The van der Waals surface area contributed by atoms with Gasteiger partial charge in [-0.25, -0.2) is 24.7 Å². The van der Waals surface area contributed by atoms with Crippen LogP contribution in [0.15, 0.2) is 72.8 Å². The van der Waals surface area contributed by atoms with Crippen molar-refractivity contribution >= 4 is 45.6 Å². The summed E-state index contributed by atoms with van der Waals surface area (Å²) in [5.74, 6) is 1.55. The summed E-state index contributed by atoms with van der Waals surface area (Å²) in [6.45, 7) is 0. The summed E-state index contributed by atoms with van der Waals surface area (Å²) < 4.78 is 4.82. The fourth-order valence-electron chi connectivity index (χ4n) is 6.85. The van der Waals surface area contributed by atoms with Crippen LogP contribution in [0, 0.1) is 0 Å². The number of nitrogens with zero attached hydrogens (tertiary/aromatic N) is 4. The number of aromatic amines is 2. The lowest BCUT2D eigenvalue weighted by molar-refractivity contribution is 0.0595. The summed E-state index contributed by atoms with van der Waals surface area (Å²) in [5, 5.41) is 27.9. The second-order valence-electron chi connectivity index (χ2n) is 13.6. The fraction of sp³-hybridized carbons (Fsp3) is 0.333. The van der Waals surface area contributed by atoms with Crippen molar-refractivity contribution in [2.75, 3.05) is 17.7 Å². The minimum atomic E-state index is -0.531. The molecular weight excluding hydrogens is 688 g/mol. The maximum Gasteiger partial charge on any atom is 0.354 e. The molecule has 0 saturated heterocycles. The van der Waals surface area contributed by atoms with Crippen LogP contribution in [0.25, 0.3) is 44.8 Å². The Morgan fingerprint density at radius 3 is 1.48 bits per heavy atom. The number of ether oxygens (including phenoxy) is 1. The number of nitrogens with two attached hydrogens (primary N) is 1. The van der Waals surface area contributed by atoms with Gasteiger partial charge in [-0.2, -0.15) is 0 Å². The third-order valence-electron chi connectivity index (χ3n) is 9.78. The maximum absolute atomic E-state index is 11.9. The Hall–Kier alpha value is -5.90. The van der Waals surface area contributed by atoms with Gasteiger partial charge in [-0.15, -0.1) is 0 Å². The molecule has 2 saturated carbocycles. The highest BCUT2D eigenvalue weighted by atomic mass is 16.5. The smallest absolute Gasteiger partial charge is 0.354 e. The van der Waals surface area contributed by atoms with Gasteiger partial charge in [0.2, 0.25) is 0 Å². The topological polar surface area (TPSA) is 252 Å². The van der Waals surface area contributed by atoms with E-state index in [2.05, 4.69) is 30.6 Å². The summed E-state index contributed by atoms with van der Waals surface area (Å²) in [5.41, 5.74) is 9.01. The number of aromatic nitrogens is 6. The molecule has 0 unspecified atom stereocenters. The Bertz CT molecular complexity index is 2190. The number of amides is 1. The largest absolute Gasteiger partial charge is 0.464 e. The number of nitrogens with one attached hydrogen (secondary N) is 4. The molecule has 4 aromatic heterocycles. The number of esters is 1. The summed E-state index contributed by atoms with van der Waals surface area (Å²) >= 11 is 0. The number of methoxy groups -OCH3 is 1. The minimum absolute atomic E-state index is 0. The van der Waals surface area contributed by atoms with E-state index in [1.807, 2.05) is 60.7 Å². The van der Waals surface area contributed by atoms with Crippen LogP contribution >= 0.6 is 0 Å². The lowest BCUT2D eigenvalue weighted by Gasteiger charge is -2.26. The zero-order valence-corrected chi connectivity index (χ0v) is 30.1. The molecule has 2 aromatic carbocycles. The maximum atomic E-state index is 11.9. The van der Waals surface area contributed by atoms with Crippen LogP contribution in [-0.2, 0) is 4.74 Å². The van der Waals surface area contributed by atoms with Gasteiger partial charge in [0.15, 0.2) is 11.6 Å². The molecular formula is C39H46N10O5. The van der Waals surface area contributed by atoms with Crippen LogP contribution in [0.3, 0.4) is 0 Å². The Morgan fingerprint density at radius 1 is 0.667 bits per heavy atom. The molecule has 2 fully saturated rings. The van der Waals surface area contributed by atoms with Crippen LogP contribution in [-0.4, -0.2) is 83.4 Å². The zero-order chi connectivity index (χ0) is 36.9. The molecule has 0 spiro atoms. The molecule has 4 heterocycles. The highest BCUT2D eigenvalue weighted by Gasteiger charge is 2.24. The van der Waals surface area contributed by atoms with E-state index in [1.54, 1.807) is 12.1 Å². The van der Waals surface area contributed by atoms with Crippen molar-refractivity contribution in [3.8, 4) is 22.8 Å².